The Morgan fingerprint density at radius 3 is 2.67 bits per heavy atom. The smallest absolute Gasteiger partial charge is 0.189 e. The van der Waals surface area contributed by atoms with Gasteiger partial charge in [0.15, 0.2) is 6.86 Å². The largest absolute Gasteiger partial charge is 0.338 e. The Kier molecular flexibility index (Phi) is 4.04. The maximum atomic E-state index is 10.9. The summed E-state index contributed by atoms with van der Waals surface area (Å²) in [6.45, 7) is -0.722. The van der Waals surface area contributed by atoms with E-state index in [0.29, 0.717) is 0 Å². The highest BCUT2D eigenvalue weighted by atomic mass is 19.1. The van der Waals surface area contributed by atoms with Crippen LogP contribution in [0.1, 0.15) is 0 Å². The fourth-order valence-corrected chi connectivity index (χ4v) is 0.0975. The lowest BCUT2D eigenvalue weighted by Crippen LogP contribution is -1.85. The van der Waals surface area contributed by atoms with Crippen LogP contribution >= 0.6 is 0 Å². The summed E-state index contributed by atoms with van der Waals surface area (Å²) in [5.41, 5.74) is 0. The summed E-state index contributed by atoms with van der Waals surface area (Å²) in [4.78, 5) is 0. The Hall–Kier alpha value is -0.550. The van der Waals surface area contributed by atoms with E-state index in [0.717, 1.165) is 0 Å². The number of terminal acetylenes is 1. The molecule has 0 aliphatic carbocycles. The highest BCUT2D eigenvalue weighted by Gasteiger charge is 1.71. The van der Waals surface area contributed by atoms with Gasteiger partial charge in [-0.25, -0.2) is 4.39 Å². The monoisotopic (exact) mass is 88.0 g/mol. The first kappa shape index (κ1) is 5.45. The van der Waals surface area contributed by atoms with Crippen LogP contribution in [-0.2, 0) is 4.74 Å². The van der Waals surface area contributed by atoms with E-state index in [2.05, 4.69) is 17.1 Å². The summed E-state index contributed by atoms with van der Waals surface area (Å²) in [6, 6.07) is 0. The van der Waals surface area contributed by atoms with Crippen molar-refractivity contribution in [3.8, 4) is 12.3 Å². The van der Waals surface area contributed by atoms with E-state index in [9.17, 15) is 4.39 Å². The molecule has 0 amide bonds. The molecule has 0 aliphatic rings. The minimum absolute atomic E-state index is 0.0660. The van der Waals surface area contributed by atoms with Gasteiger partial charge in [-0.15, -0.1) is 6.42 Å². The number of hydrogen-bond donors (Lipinski definition) is 0. The molecule has 0 spiro atoms. The fourth-order valence-electron chi connectivity index (χ4n) is 0.0975. The van der Waals surface area contributed by atoms with Crippen molar-refractivity contribution in [2.24, 2.45) is 0 Å². The van der Waals surface area contributed by atoms with Crippen molar-refractivity contribution >= 4 is 0 Å². The van der Waals surface area contributed by atoms with Gasteiger partial charge in [-0.2, -0.15) is 0 Å². The molecule has 0 saturated heterocycles. The second-order valence-electron chi connectivity index (χ2n) is 0.662. The minimum Gasteiger partial charge on any atom is -0.338 e. The third-order valence-electron chi connectivity index (χ3n) is 0.263. The lowest BCUT2D eigenvalue weighted by atomic mass is 10.8. The second kappa shape index (κ2) is 4.45. The van der Waals surface area contributed by atoms with Crippen LogP contribution < -0.4 is 0 Å². The molecule has 0 radical (unpaired) electrons. The molecular formula is C4H5FO. The molecule has 2 heteroatoms. The third-order valence-corrected chi connectivity index (χ3v) is 0.263. The maximum absolute atomic E-state index is 10.9. The molecule has 6 heavy (non-hydrogen) atoms. The molecule has 1 nitrogen and oxygen atoms in total. The van der Waals surface area contributed by atoms with Gasteiger partial charge < -0.3 is 4.74 Å². The Morgan fingerprint density at radius 1 is 1.83 bits per heavy atom. The summed E-state index contributed by atoms with van der Waals surface area (Å²) in [5.74, 6) is 2.11. The Bertz CT molecular complexity index is 55.1. The number of alkyl halides is 1. The van der Waals surface area contributed by atoms with Crippen LogP contribution in [0.4, 0.5) is 4.39 Å². The van der Waals surface area contributed by atoms with Gasteiger partial charge in [-0.3, -0.25) is 0 Å². The summed E-state index contributed by atoms with van der Waals surface area (Å²) in [7, 11) is 0. The van der Waals surface area contributed by atoms with Crippen molar-refractivity contribution in [2.45, 2.75) is 0 Å². The molecular weight excluding hydrogens is 83.0 g/mol. The first-order valence-electron chi connectivity index (χ1n) is 1.49. The van der Waals surface area contributed by atoms with Gasteiger partial charge in [0, 0.05) is 0 Å². The van der Waals surface area contributed by atoms with Gasteiger partial charge in [0.1, 0.15) is 6.61 Å². The fraction of sp³-hybridized carbons (Fsp3) is 0.500. The van der Waals surface area contributed by atoms with E-state index in [1.54, 1.807) is 0 Å². The van der Waals surface area contributed by atoms with Crippen LogP contribution in [0.5, 0.6) is 0 Å². The van der Waals surface area contributed by atoms with Crippen LogP contribution in [0.15, 0.2) is 0 Å². The van der Waals surface area contributed by atoms with E-state index in [1.165, 1.54) is 0 Å². The molecule has 0 aliphatic heterocycles. The van der Waals surface area contributed by atoms with E-state index < -0.39 is 6.86 Å². The van der Waals surface area contributed by atoms with Crippen LogP contribution in [0.25, 0.3) is 0 Å². The van der Waals surface area contributed by atoms with Crippen LogP contribution in [0.2, 0.25) is 0 Å². The lowest BCUT2D eigenvalue weighted by Gasteiger charge is -1.83. The van der Waals surface area contributed by atoms with Crippen molar-refractivity contribution in [3.63, 3.8) is 0 Å². The van der Waals surface area contributed by atoms with E-state index in [-0.39, 0.29) is 6.61 Å². The molecule has 0 heterocycles. The van der Waals surface area contributed by atoms with E-state index >= 15 is 0 Å². The number of halogens is 1. The zero-order valence-corrected chi connectivity index (χ0v) is 3.28. The van der Waals surface area contributed by atoms with E-state index in [1.807, 2.05) is 0 Å². The van der Waals surface area contributed by atoms with Crippen molar-refractivity contribution < 1.29 is 9.13 Å². The Morgan fingerprint density at radius 2 is 2.50 bits per heavy atom. The molecule has 0 N–H and O–H groups in total. The molecule has 0 rings (SSSR count). The summed E-state index contributed by atoms with van der Waals surface area (Å²) >= 11 is 0. The first-order chi connectivity index (χ1) is 2.91. The third kappa shape index (κ3) is 3.45. The van der Waals surface area contributed by atoms with Crippen LogP contribution in [-0.4, -0.2) is 13.5 Å². The SMILES string of the molecule is C#CCOCF. The highest BCUT2D eigenvalue weighted by molar-refractivity contribution is 4.82. The maximum Gasteiger partial charge on any atom is 0.189 e. The quantitative estimate of drug-likeness (QED) is 0.354. The first-order valence-corrected chi connectivity index (χ1v) is 1.49. The second-order valence-corrected chi connectivity index (χ2v) is 0.662. The molecule has 0 aromatic heterocycles. The molecule has 34 valence electrons. The van der Waals surface area contributed by atoms with Gasteiger partial charge in [-0.1, -0.05) is 5.92 Å². The zero-order chi connectivity index (χ0) is 4.83. The molecule has 0 saturated carbocycles. The van der Waals surface area contributed by atoms with Gasteiger partial charge >= 0.3 is 0 Å². The standard InChI is InChI=1S/C4H5FO/c1-2-3-6-4-5/h1H,3-4H2. The van der Waals surface area contributed by atoms with Crippen LogP contribution in [0.3, 0.4) is 0 Å². The molecule has 0 bridgehead atoms. The van der Waals surface area contributed by atoms with Gasteiger partial charge in [-0.05, 0) is 0 Å². The molecule has 0 fully saturated rings. The lowest BCUT2D eigenvalue weighted by molar-refractivity contribution is 0.0812. The van der Waals surface area contributed by atoms with Crippen molar-refractivity contribution in [3.05, 3.63) is 0 Å². The Balaban J connectivity index is 2.54. The van der Waals surface area contributed by atoms with Crippen molar-refractivity contribution in [1.82, 2.24) is 0 Å². The van der Waals surface area contributed by atoms with Gasteiger partial charge in [0.05, 0.1) is 0 Å². The minimum atomic E-state index is -0.788. The Labute approximate surface area is 36.1 Å². The topological polar surface area (TPSA) is 9.23 Å². The average molecular weight is 88.1 g/mol. The molecule has 0 aromatic rings. The molecule has 0 atom stereocenters. The molecule has 0 aromatic carbocycles. The molecule has 0 unspecified atom stereocenters. The zero-order valence-electron chi connectivity index (χ0n) is 3.28. The average Bonchev–Trinajstić information content (AvgIpc) is 1.61. The predicted molar refractivity (Wildman–Crippen MR) is 20.8 cm³/mol. The highest BCUT2D eigenvalue weighted by Crippen LogP contribution is 1.68. The number of hydrogen-bond acceptors (Lipinski definition) is 1. The van der Waals surface area contributed by atoms with Gasteiger partial charge in [0.2, 0.25) is 0 Å². The van der Waals surface area contributed by atoms with Crippen molar-refractivity contribution in [2.75, 3.05) is 13.5 Å². The summed E-state index contributed by atoms with van der Waals surface area (Å²) < 4.78 is 14.9. The predicted octanol–water partition coefficient (Wildman–Crippen LogP) is 0.563. The number of rotatable bonds is 2. The summed E-state index contributed by atoms with van der Waals surface area (Å²) in [6.07, 6.45) is 4.67. The number of ether oxygens (including phenoxy) is 1. The van der Waals surface area contributed by atoms with Crippen molar-refractivity contribution in [1.29, 1.82) is 0 Å². The van der Waals surface area contributed by atoms with Crippen LogP contribution in [0, 0.1) is 12.3 Å². The van der Waals surface area contributed by atoms with Gasteiger partial charge in [0.25, 0.3) is 0 Å². The summed E-state index contributed by atoms with van der Waals surface area (Å²) in [5, 5.41) is 0. The van der Waals surface area contributed by atoms with E-state index in [4.69, 9.17) is 0 Å². The normalized spacial score (nSPS) is 7.33.